The molecule has 6 heteroatoms. The van der Waals surface area contributed by atoms with Crippen LogP contribution in [0.5, 0.6) is 5.75 Å². The third kappa shape index (κ3) is 4.51. The van der Waals surface area contributed by atoms with Crippen molar-refractivity contribution in [2.24, 2.45) is 0 Å². The molecule has 5 rings (SSSR count). The van der Waals surface area contributed by atoms with Gasteiger partial charge in [0.2, 0.25) is 0 Å². The summed E-state index contributed by atoms with van der Waals surface area (Å²) in [5, 5.41) is 10.3. The number of methoxy groups -OCH3 is 1. The van der Waals surface area contributed by atoms with Crippen molar-refractivity contribution in [3.8, 4) is 5.75 Å². The topological polar surface area (TPSA) is 85.7 Å². The minimum Gasteiger partial charge on any atom is -0.508 e. The van der Waals surface area contributed by atoms with E-state index in [-0.39, 0.29) is 12.4 Å². The molecule has 1 aromatic heterocycles. The van der Waals surface area contributed by atoms with E-state index in [1.165, 1.54) is 7.11 Å². The quantitative estimate of drug-likeness (QED) is 0.388. The summed E-state index contributed by atoms with van der Waals surface area (Å²) < 4.78 is 10.4. The summed E-state index contributed by atoms with van der Waals surface area (Å²) in [6.07, 6.45) is 3.50. The Hall–Kier alpha value is -4.45. The number of pyridine rings is 1. The highest BCUT2D eigenvalue weighted by atomic mass is 16.5. The molecule has 0 aliphatic heterocycles. The number of rotatable bonds is 5. The zero-order valence-corrected chi connectivity index (χ0v) is 19.2. The molecule has 0 radical (unpaired) electrons. The van der Waals surface area contributed by atoms with E-state index in [0.29, 0.717) is 17.5 Å². The van der Waals surface area contributed by atoms with Crippen LogP contribution in [0.15, 0.2) is 72.8 Å². The number of phenolic OH excluding ortho intramolecular Hbond substituents is 1. The van der Waals surface area contributed by atoms with Crippen LogP contribution in [0.2, 0.25) is 0 Å². The van der Waals surface area contributed by atoms with Crippen LogP contribution >= 0.6 is 0 Å². The summed E-state index contributed by atoms with van der Waals surface area (Å²) in [6, 6.07) is 21.4. The van der Waals surface area contributed by atoms with Crippen molar-refractivity contribution in [3.05, 3.63) is 106 Å². The average Bonchev–Trinajstić information content (AvgIpc) is 3.28. The van der Waals surface area contributed by atoms with Crippen molar-refractivity contribution < 1.29 is 24.2 Å². The number of nitrogens with zero attached hydrogens (tertiary/aromatic N) is 1. The van der Waals surface area contributed by atoms with Gasteiger partial charge in [-0.3, -0.25) is 0 Å². The van der Waals surface area contributed by atoms with Gasteiger partial charge in [-0.2, -0.15) is 0 Å². The van der Waals surface area contributed by atoms with E-state index in [2.05, 4.69) is 0 Å². The lowest BCUT2D eigenvalue weighted by molar-refractivity contribution is 0.0472. The molecular formula is C29H23NO5. The second kappa shape index (κ2) is 9.43. The van der Waals surface area contributed by atoms with Gasteiger partial charge in [0.1, 0.15) is 12.4 Å². The first-order valence-corrected chi connectivity index (χ1v) is 11.3. The van der Waals surface area contributed by atoms with Gasteiger partial charge in [0, 0.05) is 5.39 Å². The van der Waals surface area contributed by atoms with Gasteiger partial charge in [-0.1, -0.05) is 42.5 Å². The molecule has 1 heterocycles. The van der Waals surface area contributed by atoms with Crippen LogP contribution in [0, 0.1) is 0 Å². The number of carbonyl (C=O) groups is 2. The highest BCUT2D eigenvalue weighted by molar-refractivity contribution is 6.07. The van der Waals surface area contributed by atoms with Gasteiger partial charge in [0.05, 0.1) is 29.4 Å². The fourth-order valence-electron chi connectivity index (χ4n) is 4.36. The normalized spacial score (nSPS) is 13.6. The Balaban J connectivity index is 1.46. The summed E-state index contributed by atoms with van der Waals surface area (Å²) in [6.45, 7) is 0.0852. The molecule has 35 heavy (non-hydrogen) atoms. The number of ether oxygens (including phenoxy) is 2. The van der Waals surface area contributed by atoms with Crippen LogP contribution in [-0.2, 0) is 22.5 Å². The van der Waals surface area contributed by atoms with E-state index >= 15 is 0 Å². The number of hydrogen-bond acceptors (Lipinski definition) is 6. The van der Waals surface area contributed by atoms with Gasteiger partial charge in [-0.05, 0) is 71.5 Å². The van der Waals surface area contributed by atoms with E-state index in [1.54, 1.807) is 36.4 Å². The Morgan fingerprint density at radius 1 is 0.943 bits per heavy atom. The molecule has 0 saturated heterocycles. The first kappa shape index (κ1) is 22.3. The van der Waals surface area contributed by atoms with Crippen LogP contribution < -0.4 is 0 Å². The second-order valence-corrected chi connectivity index (χ2v) is 8.36. The number of benzene rings is 3. The molecule has 4 aromatic rings. The van der Waals surface area contributed by atoms with Gasteiger partial charge in [0.25, 0.3) is 0 Å². The van der Waals surface area contributed by atoms with E-state index in [9.17, 15) is 14.7 Å². The van der Waals surface area contributed by atoms with Gasteiger partial charge in [-0.25, -0.2) is 14.6 Å². The molecule has 0 amide bonds. The van der Waals surface area contributed by atoms with E-state index in [0.717, 1.165) is 45.3 Å². The predicted octanol–water partition coefficient (Wildman–Crippen LogP) is 5.57. The molecule has 0 unspecified atom stereocenters. The van der Waals surface area contributed by atoms with Crippen LogP contribution in [0.1, 0.15) is 49.5 Å². The molecule has 0 spiro atoms. The van der Waals surface area contributed by atoms with Crippen molar-refractivity contribution in [3.63, 3.8) is 0 Å². The summed E-state index contributed by atoms with van der Waals surface area (Å²) in [5.41, 5.74) is 6.20. The van der Waals surface area contributed by atoms with Gasteiger partial charge in [-0.15, -0.1) is 0 Å². The monoisotopic (exact) mass is 465 g/mol. The summed E-state index contributed by atoms with van der Waals surface area (Å²) in [7, 11) is 1.33. The molecule has 6 nitrogen and oxygen atoms in total. The van der Waals surface area contributed by atoms with Crippen molar-refractivity contribution in [1.82, 2.24) is 4.98 Å². The number of allylic oxidation sites excluding steroid dienone is 1. The average molecular weight is 466 g/mol. The maximum absolute atomic E-state index is 13.3. The molecule has 0 atom stereocenters. The largest absolute Gasteiger partial charge is 0.508 e. The van der Waals surface area contributed by atoms with E-state index in [1.807, 2.05) is 42.5 Å². The zero-order chi connectivity index (χ0) is 24.4. The van der Waals surface area contributed by atoms with Crippen molar-refractivity contribution >= 4 is 34.5 Å². The number of esters is 2. The number of carbonyl (C=O) groups excluding carboxylic acids is 2. The third-order valence-corrected chi connectivity index (χ3v) is 6.12. The van der Waals surface area contributed by atoms with Crippen LogP contribution in [-0.4, -0.2) is 29.1 Å². The highest BCUT2D eigenvalue weighted by Gasteiger charge is 2.27. The van der Waals surface area contributed by atoms with Gasteiger partial charge < -0.3 is 14.6 Å². The van der Waals surface area contributed by atoms with Crippen molar-refractivity contribution in [2.45, 2.75) is 19.4 Å². The van der Waals surface area contributed by atoms with Gasteiger partial charge in [0.15, 0.2) is 0 Å². The Labute approximate surface area is 202 Å². The summed E-state index contributed by atoms with van der Waals surface area (Å²) >= 11 is 0. The first-order valence-electron chi connectivity index (χ1n) is 11.3. The molecule has 3 aromatic carbocycles. The minimum absolute atomic E-state index is 0.0852. The number of aromatic nitrogens is 1. The Morgan fingerprint density at radius 3 is 2.43 bits per heavy atom. The van der Waals surface area contributed by atoms with E-state index < -0.39 is 11.9 Å². The molecule has 174 valence electrons. The first-order chi connectivity index (χ1) is 17.0. The fourth-order valence-corrected chi connectivity index (χ4v) is 4.36. The SMILES string of the molecule is COC(=O)c1ccc(COC(=O)c2c3c(nc4ccccc24)/C(=C/c2ccc(O)cc2)CC3)cc1. The Bertz CT molecular complexity index is 1450. The maximum atomic E-state index is 13.3. The Kier molecular flexibility index (Phi) is 6.02. The smallest absolute Gasteiger partial charge is 0.339 e. The number of hydrogen-bond donors (Lipinski definition) is 1. The van der Waals surface area contributed by atoms with Crippen LogP contribution in [0.4, 0.5) is 0 Å². The lowest BCUT2D eigenvalue weighted by Gasteiger charge is -2.12. The standard InChI is InChI=1S/C29H23NO5/c1-34-28(32)20-10-6-19(7-11-20)17-35-29(33)26-23-4-2-3-5-25(23)30-27-21(12-15-24(26)27)16-18-8-13-22(31)14-9-18/h2-11,13-14,16,31H,12,15,17H2,1H3/b21-16+. The molecule has 0 fully saturated rings. The molecule has 0 bridgehead atoms. The molecule has 0 saturated carbocycles. The number of fused-ring (bicyclic) bond motifs is 2. The van der Waals surface area contributed by atoms with Crippen molar-refractivity contribution in [1.29, 1.82) is 0 Å². The summed E-state index contributed by atoms with van der Waals surface area (Å²) in [4.78, 5) is 29.9. The Morgan fingerprint density at radius 2 is 1.69 bits per heavy atom. The number of para-hydroxylation sites is 1. The third-order valence-electron chi connectivity index (χ3n) is 6.12. The lowest BCUT2D eigenvalue weighted by Crippen LogP contribution is -2.10. The number of aromatic hydroxyl groups is 1. The molecular weight excluding hydrogens is 442 g/mol. The molecule has 1 aliphatic rings. The lowest BCUT2D eigenvalue weighted by atomic mass is 10.0. The fraction of sp³-hybridized carbons (Fsp3) is 0.138. The maximum Gasteiger partial charge on any atom is 0.339 e. The van der Waals surface area contributed by atoms with Crippen molar-refractivity contribution in [2.75, 3.05) is 7.11 Å². The van der Waals surface area contributed by atoms with E-state index in [4.69, 9.17) is 14.5 Å². The van der Waals surface area contributed by atoms with Crippen LogP contribution in [0.3, 0.4) is 0 Å². The number of phenols is 1. The van der Waals surface area contributed by atoms with Gasteiger partial charge >= 0.3 is 11.9 Å². The minimum atomic E-state index is -0.413. The zero-order valence-electron chi connectivity index (χ0n) is 19.2. The molecule has 1 N–H and O–H groups in total. The highest BCUT2D eigenvalue weighted by Crippen LogP contribution is 2.38. The van der Waals surface area contributed by atoms with Crippen LogP contribution in [0.25, 0.3) is 22.6 Å². The second-order valence-electron chi connectivity index (χ2n) is 8.36. The molecule has 1 aliphatic carbocycles. The summed E-state index contributed by atoms with van der Waals surface area (Å²) in [5.74, 6) is -0.598. The predicted molar refractivity (Wildman–Crippen MR) is 133 cm³/mol.